The predicted molar refractivity (Wildman–Crippen MR) is 93.2 cm³/mol. The van der Waals surface area contributed by atoms with Gasteiger partial charge < -0.3 is 10.3 Å². The number of aryl methyl sites for hydroxylation is 2. The Balaban J connectivity index is 2.01. The minimum Gasteiger partial charge on any atom is -0.366 e. The van der Waals surface area contributed by atoms with Crippen LogP contribution in [-0.2, 0) is 12.8 Å². The second-order valence-electron chi connectivity index (χ2n) is 6.35. The van der Waals surface area contributed by atoms with Crippen LogP contribution >= 0.6 is 0 Å². The molecule has 0 atom stereocenters. The van der Waals surface area contributed by atoms with Gasteiger partial charge in [-0.15, -0.1) is 0 Å². The molecule has 1 amide bonds. The van der Waals surface area contributed by atoms with E-state index < -0.39 is 0 Å². The number of benzene rings is 2. The average molecular weight is 304 g/mol. The molecule has 4 rings (SSSR count). The number of carbonyl (C=O) groups is 1. The van der Waals surface area contributed by atoms with Crippen LogP contribution in [0.3, 0.4) is 0 Å². The van der Waals surface area contributed by atoms with Crippen molar-refractivity contribution in [1.82, 2.24) is 4.57 Å². The quantitative estimate of drug-likeness (QED) is 0.766. The van der Waals surface area contributed by atoms with Crippen LogP contribution in [0.15, 0.2) is 42.5 Å². The lowest BCUT2D eigenvalue weighted by Crippen LogP contribution is -2.12. The van der Waals surface area contributed by atoms with Crippen molar-refractivity contribution < 1.29 is 4.79 Å². The maximum absolute atomic E-state index is 11.4. The van der Waals surface area contributed by atoms with Crippen molar-refractivity contribution in [3.63, 3.8) is 0 Å². The molecule has 3 heteroatoms. The van der Waals surface area contributed by atoms with E-state index in [2.05, 4.69) is 28.8 Å². The van der Waals surface area contributed by atoms with Gasteiger partial charge in [0.1, 0.15) is 0 Å². The van der Waals surface area contributed by atoms with Gasteiger partial charge in [-0.2, -0.15) is 0 Å². The summed E-state index contributed by atoms with van der Waals surface area (Å²) < 4.78 is 2.38. The lowest BCUT2D eigenvalue weighted by molar-refractivity contribution is 0.1000. The molecule has 3 nitrogen and oxygen atoms in total. The van der Waals surface area contributed by atoms with Crippen LogP contribution in [0.2, 0.25) is 0 Å². The Kier molecular flexibility index (Phi) is 3.22. The molecule has 2 N–H and O–H groups in total. The fraction of sp³-hybridized carbons (Fsp3) is 0.250. The lowest BCUT2D eigenvalue weighted by Gasteiger charge is -2.18. The summed E-state index contributed by atoms with van der Waals surface area (Å²) in [4.78, 5) is 11.4. The number of hydrogen-bond donors (Lipinski definition) is 1. The third-order valence-corrected chi connectivity index (χ3v) is 4.90. The van der Waals surface area contributed by atoms with Crippen LogP contribution in [0.5, 0.6) is 0 Å². The Morgan fingerprint density at radius 3 is 2.65 bits per heavy atom. The van der Waals surface area contributed by atoms with Gasteiger partial charge in [0.05, 0.1) is 5.52 Å². The second kappa shape index (κ2) is 5.27. The first-order chi connectivity index (χ1) is 11.2. The zero-order valence-corrected chi connectivity index (χ0v) is 13.3. The molecule has 1 aromatic heterocycles. The molecule has 0 saturated carbocycles. The molecule has 0 aliphatic heterocycles. The van der Waals surface area contributed by atoms with E-state index in [1.807, 2.05) is 25.1 Å². The third-order valence-electron chi connectivity index (χ3n) is 4.90. The molecule has 3 aromatic rings. The van der Waals surface area contributed by atoms with Gasteiger partial charge in [0.2, 0.25) is 5.91 Å². The molecular formula is C20H20N2O. The number of hydrogen-bond acceptors (Lipinski definition) is 1. The van der Waals surface area contributed by atoms with Gasteiger partial charge in [-0.3, -0.25) is 4.79 Å². The van der Waals surface area contributed by atoms with Crippen molar-refractivity contribution in [2.45, 2.75) is 32.6 Å². The van der Waals surface area contributed by atoms with Gasteiger partial charge in [-0.05, 0) is 68.0 Å². The Hall–Kier alpha value is -2.55. The molecule has 116 valence electrons. The number of nitrogens with two attached hydrogens (primary N) is 1. The molecule has 0 fully saturated rings. The normalized spacial score (nSPS) is 14.0. The maximum Gasteiger partial charge on any atom is 0.248 e. The second-order valence-corrected chi connectivity index (χ2v) is 6.35. The first kappa shape index (κ1) is 14.1. The molecule has 1 heterocycles. The van der Waals surface area contributed by atoms with Gasteiger partial charge in [0.25, 0.3) is 0 Å². The summed E-state index contributed by atoms with van der Waals surface area (Å²) >= 11 is 0. The van der Waals surface area contributed by atoms with Crippen molar-refractivity contribution in [3.8, 4) is 5.69 Å². The lowest BCUT2D eigenvalue weighted by atomic mass is 9.95. The van der Waals surface area contributed by atoms with E-state index in [-0.39, 0.29) is 5.91 Å². The highest BCUT2D eigenvalue weighted by Gasteiger charge is 2.21. The van der Waals surface area contributed by atoms with Crippen LogP contribution in [0.1, 0.15) is 40.0 Å². The van der Waals surface area contributed by atoms with Crippen molar-refractivity contribution >= 4 is 16.8 Å². The molecular weight excluding hydrogens is 284 g/mol. The summed E-state index contributed by atoms with van der Waals surface area (Å²) in [6.45, 7) is 2.05. The van der Waals surface area contributed by atoms with Crippen molar-refractivity contribution in [1.29, 1.82) is 0 Å². The molecule has 0 radical (unpaired) electrons. The van der Waals surface area contributed by atoms with Crippen molar-refractivity contribution in [2.24, 2.45) is 5.73 Å². The summed E-state index contributed by atoms with van der Waals surface area (Å²) in [5.74, 6) is -0.376. The molecule has 23 heavy (non-hydrogen) atoms. The Morgan fingerprint density at radius 1 is 1.09 bits per heavy atom. The molecule has 1 aliphatic carbocycles. The minimum atomic E-state index is -0.376. The molecule has 0 unspecified atom stereocenters. The fourth-order valence-electron chi connectivity index (χ4n) is 3.83. The first-order valence-electron chi connectivity index (χ1n) is 8.19. The molecule has 1 aliphatic rings. The Morgan fingerprint density at radius 2 is 1.87 bits per heavy atom. The van der Waals surface area contributed by atoms with E-state index in [0.29, 0.717) is 5.56 Å². The van der Waals surface area contributed by atoms with Gasteiger partial charge in [-0.1, -0.05) is 18.2 Å². The van der Waals surface area contributed by atoms with E-state index >= 15 is 0 Å². The summed E-state index contributed by atoms with van der Waals surface area (Å²) in [7, 11) is 0. The summed E-state index contributed by atoms with van der Waals surface area (Å²) in [5, 5.41) is 1.36. The standard InChI is InChI=1S/C20H20N2O/c1-13-12-14(20(21)23)10-11-17(13)22-18-8-4-2-6-15(18)16-7-3-5-9-19(16)22/h2,4,6,8,10-12H,3,5,7,9H2,1H3,(H2,21,23). The predicted octanol–water partition coefficient (Wildman–Crippen LogP) is 3.92. The summed E-state index contributed by atoms with van der Waals surface area (Å²) in [6, 6.07) is 14.4. The number of aromatic nitrogens is 1. The number of nitrogens with zero attached hydrogens (tertiary/aromatic N) is 1. The SMILES string of the molecule is Cc1cc(C(N)=O)ccc1-n1c2c(c3ccccc31)CCCC2. The van der Waals surface area contributed by atoms with E-state index in [1.54, 1.807) is 0 Å². The highest BCUT2D eigenvalue weighted by atomic mass is 16.1. The van der Waals surface area contributed by atoms with Gasteiger partial charge in [0.15, 0.2) is 0 Å². The molecule has 0 saturated heterocycles. The largest absolute Gasteiger partial charge is 0.366 e. The van der Waals surface area contributed by atoms with Crippen LogP contribution < -0.4 is 5.73 Å². The van der Waals surface area contributed by atoms with Gasteiger partial charge >= 0.3 is 0 Å². The van der Waals surface area contributed by atoms with Gasteiger partial charge in [-0.25, -0.2) is 0 Å². The molecule has 0 spiro atoms. The smallest absolute Gasteiger partial charge is 0.248 e. The zero-order chi connectivity index (χ0) is 16.0. The number of fused-ring (bicyclic) bond motifs is 3. The number of rotatable bonds is 2. The Labute approximate surface area is 135 Å². The highest BCUT2D eigenvalue weighted by molar-refractivity contribution is 5.93. The fourth-order valence-corrected chi connectivity index (χ4v) is 3.83. The van der Waals surface area contributed by atoms with E-state index in [1.165, 1.54) is 35.0 Å². The van der Waals surface area contributed by atoms with Crippen LogP contribution in [-0.4, -0.2) is 10.5 Å². The molecule has 0 bridgehead atoms. The summed E-state index contributed by atoms with van der Waals surface area (Å²) in [6.07, 6.45) is 4.77. The number of amides is 1. The van der Waals surface area contributed by atoms with Crippen LogP contribution in [0.4, 0.5) is 0 Å². The maximum atomic E-state index is 11.4. The number of carbonyl (C=O) groups excluding carboxylic acids is 1. The number of para-hydroxylation sites is 1. The highest BCUT2D eigenvalue weighted by Crippen LogP contribution is 2.35. The van der Waals surface area contributed by atoms with Crippen molar-refractivity contribution in [2.75, 3.05) is 0 Å². The third kappa shape index (κ3) is 2.15. The Bertz CT molecular complexity index is 921. The van der Waals surface area contributed by atoms with E-state index in [9.17, 15) is 4.79 Å². The molecule has 2 aromatic carbocycles. The van der Waals surface area contributed by atoms with Gasteiger partial charge in [0, 0.05) is 22.3 Å². The van der Waals surface area contributed by atoms with E-state index in [4.69, 9.17) is 5.73 Å². The van der Waals surface area contributed by atoms with Crippen LogP contribution in [0, 0.1) is 6.92 Å². The summed E-state index contributed by atoms with van der Waals surface area (Å²) in [5.41, 5.74) is 12.4. The number of primary amides is 1. The average Bonchev–Trinajstić information content (AvgIpc) is 2.89. The van der Waals surface area contributed by atoms with Crippen molar-refractivity contribution in [3.05, 3.63) is 64.8 Å². The minimum absolute atomic E-state index is 0.376. The zero-order valence-electron chi connectivity index (χ0n) is 13.3. The monoisotopic (exact) mass is 304 g/mol. The topological polar surface area (TPSA) is 48.0 Å². The van der Waals surface area contributed by atoms with Crippen LogP contribution in [0.25, 0.3) is 16.6 Å². The van der Waals surface area contributed by atoms with E-state index in [0.717, 1.165) is 24.1 Å². The first-order valence-corrected chi connectivity index (χ1v) is 8.19.